The van der Waals surface area contributed by atoms with E-state index in [2.05, 4.69) is 20.4 Å². The predicted molar refractivity (Wildman–Crippen MR) is 115 cm³/mol. The molecule has 5 fully saturated rings. The highest BCUT2D eigenvalue weighted by molar-refractivity contribution is 7.15. The van der Waals surface area contributed by atoms with Crippen LogP contribution in [0.3, 0.4) is 0 Å². The molecule has 168 valence electrons. The van der Waals surface area contributed by atoms with Gasteiger partial charge in [-0.1, -0.05) is 20.4 Å². The number of aliphatic hydroxyl groups is 3. The van der Waals surface area contributed by atoms with Gasteiger partial charge in [0.1, 0.15) is 11.5 Å². The van der Waals surface area contributed by atoms with Crippen molar-refractivity contribution in [3.05, 3.63) is 22.7 Å². The number of aliphatic hydroxyl groups excluding tert-OH is 2. The summed E-state index contributed by atoms with van der Waals surface area (Å²) in [5, 5.41) is 35.9. The SMILES string of the molecule is C=C1C(=O)[C@]23[C@H](O)[C@H]1CC[C@H]2[C@@]12CO[C@@]3(O)[C@@H](O)[C@@H]1C(C)(C)Cc1sc(N(C)C)nc12. The third-order valence-electron chi connectivity index (χ3n) is 9.26. The number of thiazole rings is 1. The summed E-state index contributed by atoms with van der Waals surface area (Å²) in [6, 6.07) is 0. The Labute approximate surface area is 185 Å². The lowest BCUT2D eigenvalue weighted by Crippen LogP contribution is -2.85. The minimum Gasteiger partial charge on any atom is -0.391 e. The van der Waals surface area contributed by atoms with E-state index in [1.807, 2.05) is 19.0 Å². The molecule has 3 N–H and O–H groups in total. The van der Waals surface area contributed by atoms with Crippen molar-refractivity contribution in [2.24, 2.45) is 28.6 Å². The summed E-state index contributed by atoms with van der Waals surface area (Å²) in [4.78, 5) is 21.9. The number of carbonyl (C=O) groups is 1. The first kappa shape index (κ1) is 20.3. The Morgan fingerprint density at radius 1 is 1.23 bits per heavy atom. The lowest BCUT2D eigenvalue weighted by Gasteiger charge is -2.73. The first-order valence-electron chi connectivity index (χ1n) is 11.1. The lowest BCUT2D eigenvalue weighted by atomic mass is 9.36. The van der Waals surface area contributed by atoms with Gasteiger partial charge in [-0.25, -0.2) is 4.98 Å². The minimum atomic E-state index is -2.13. The third kappa shape index (κ3) is 1.86. The fourth-order valence-corrected chi connectivity index (χ4v) is 9.59. The molecule has 7 rings (SSSR count). The van der Waals surface area contributed by atoms with Crippen molar-refractivity contribution in [2.75, 3.05) is 25.6 Å². The zero-order chi connectivity index (χ0) is 22.3. The minimum absolute atomic E-state index is 0.182. The van der Waals surface area contributed by atoms with E-state index in [1.165, 1.54) is 0 Å². The van der Waals surface area contributed by atoms with Crippen LogP contribution < -0.4 is 4.90 Å². The van der Waals surface area contributed by atoms with Crippen molar-refractivity contribution < 1.29 is 24.9 Å². The van der Waals surface area contributed by atoms with Gasteiger partial charge in [0.15, 0.2) is 10.9 Å². The van der Waals surface area contributed by atoms with Gasteiger partial charge >= 0.3 is 0 Å². The van der Waals surface area contributed by atoms with E-state index in [0.29, 0.717) is 18.4 Å². The number of Topliss-reactive ketones (excluding diaryl/α,β-unsaturated/α-hetero) is 1. The summed E-state index contributed by atoms with van der Waals surface area (Å²) < 4.78 is 6.07. The molecule has 31 heavy (non-hydrogen) atoms. The van der Waals surface area contributed by atoms with Crippen LogP contribution in [0.25, 0.3) is 0 Å². The van der Waals surface area contributed by atoms with Crippen molar-refractivity contribution in [3.63, 3.8) is 0 Å². The van der Waals surface area contributed by atoms with Crippen LogP contribution in [0.1, 0.15) is 37.3 Å². The quantitative estimate of drug-likeness (QED) is 0.558. The van der Waals surface area contributed by atoms with Crippen LogP contribution in [0.5, 0.6) is 0 Å². The van der Waals surface area contributed by atoms with Crippen LogP contribution >= 0.6 is 11.3 Å². The van der Waals surface area contributed by atoms with E-state index in [0.717, 1.165) is 22.1 Å². The Morgan fingerprint density at radius 2 is 1.94 bits per heavy atom. The van der Waals surface area contributed by atoms with E-state index >= 15 is 0 Å². The number of ether oxygens (including phenoxy) is 1. The van der Waals surface area contributed by atoms with E-state index in [9.17, 15) is 20.1 Å². The van der Waals surface area contributed by atoms with E-state index in [1.54, 1.807) is 11.3 Å². The second-order valence-corrected chi connectivity index (χ2v) is 12.2. The first-order valence-corrected chi connectivity index (χ1v) is 11.9. The van der Waals surface area contributed by atoms with Crippen LogP contribution in [0, 0.1) is 28.6 Å². The van der Waals surface area contributed by atoms with Gasteiger partial charge in [0.2, 0.25) is 5.79 Å². The number of anilines is 1. The Morgan fingerprint density at radius 3 is 2.61 bits per heavy atom. The molecule has 2 saturated heterocycles. The van der Waals surface area contributed by atoms with E-state index in [-0.39, 0.29) is 29.6 Å². The number of fused-ring (bicyclic) bond motifs is 3. The van der Waals surface area contributed by atoms with Gasteiger partial charge in [-0.05, 0) is 36.2 Å². The second kappa shape index (κ2) is 5.59. The average molecular weight is 447 g/mol. The molecule has 8 heteroatoms. The van der Waals surface area contributed by atoms with Crippen LogP contribution in [-0.2, 0) is 21.4 Å². The monoisotopic (exact) mass is 446 g/mol. The summed E-state index contributed by atoms with van der Waals surface area (Å²) >= 11 is 1.64. The van der Waals surface area contributed by atoms with Crippen LogP contribution in [-0.4, -0.2) is 64.8 Å². The number of nitrogens with zero attached hydrogens (tertiary/aromatic N) is 2. The zero-order valence-corrected chi connectivity index (χ0v) is 19.2. The maximum Gasteiger partial charge on any atom is 0.208 e. The van der Waals surface area contributed by atoms with E-state index < -0.39 is 34.7 Å². The molecule has 0 aromatic carbocycles. The van der Waals surface area contributed by atoms with Gasteiger partial charge in [0.05, 0.1) is 18.4 Å². The summed E-state index contributed by atoms with van der Waals surface area (Å²) in [6.45, 7) is 8.40. The summed E-state index contributed by atoms with van der Waals surface area (Å²) in [7, 11) is 3.91. The fourth-order valence-electron chi connectivity index (χ4n) is 8.27. The van der Waals surface area contributed by atoms with Gasteiger partial charge in [0, 0.05) is 36.2 Å². The molecule has 8 atom stereocenters. The fraction of sp³-hybridized carbons (Fsp3) is 0.739. The molecule has 4 bridgehead atoms. The first-order chi connectivity index (χ1) is 14.4. The molecule has 4 aliphatic carbocycles. The van der Waals surface area contributed by atoms with Crippen LogP contribution in [0.4, 0.5) is 5.13 Å². The predicted octanol–water partition coefficient (Wildman–Crippen LogP) is 1.25. The Balaban J connectivity index is 1.69. The molecule has 2 aliphatic heterocycles. The molecule has 3 saturated carbocycles. The largest absolute Gasteiger partial charge is 0.391 e. The van der Waals surface area contributed by atoms with Gasteiger partial charge in [-0.3, -0.25) is 4.79 Å². The number of aromatic nitrogens is 1. The topological polar surface area (TPSA) is 103 Å². The molecular weight excluding hydrogens is 416 g/mol. The van der Waals surface area contributed by atoms with Gasteiger partial charge in [0.25, 0.3) is 0 Å². The maximum absolute atomic E-state index is 13.7. The molecule has 0 radical (unpaired) electrons. The van der Waals surface area contributed by atoms with Crippen LogP contribution in [0.2, 0.25) is 0 Å². The molecule has 1 aromatic rings. The Bertz CT molecular complexity index is 1040. The highest BCUT2D eigenvalue weighted by atomic mass is 32.1. The molecule has 2 spiro atoms. The summed E-state index contributed by atoms with van der Waals surface area (Å²) in [5.74, 6) is -3.60. The average Bonchev–Trinajstić information content (AvgIpc) is 3.15. The summed E-state index contributed by atoms with van der Waals surface area (Å²) in [5.41, 5.74) is -1.47. The van der Waals surface area contributed by atoms with Crippen molar-refractivity contribution in [2.45, 2.75) is 56.5 Å². The Hall–Kier alpha value is -1.32. The van der Waals surface area contributed by atoms with Crippen molar-refractivity contribution in [3.8, 4) is 0 Å². The molecule has 3 heterocycles. The van der Waals surface area contributed by atoms with Gasteiger partial charge in [-0.2, -0.15) is 0 Å². The van der Waals surface area contributed by atoms with Crippen molar-refractivity contribution >= 4 is 22.3 Å². The number of rotatable bonds is 1. The number of carbonyl (C=O) groups excluding carboxylic acids is 1. The third-order valence-corrected chi connectivity index (χ3v) is 10.5. The molecule has 0 unspecified atom stereocenters. The molecule has 0 amide bonds. The molecule has 7 nitrogen and oxygen atoms in total. The second-order valence-electron chi connectivity index (χ2n) is 11.2. The molecule has 6 aliphatic rings. The van der Waals surface area contributed by atoms with E-state index in [4.69, 9.17) is 9.72 Å². The number of hydrogen-bond donors (Lipinski definition) is 3. The van der Waals surface area contributed by atoms with Crippen LogP contribution in [0.15, 0.2) is 12.2 Å². The highest BCUT2D eigenvalue weighted by Crippen LogP contribution is 2.75. The molecular formula is C23H30N2O5S. The smallest absolute Gasteiger partial charge is 0.208 e. The van der Waals surface area contributed by atoms with Gasteiger partial charge in [-0.15, -0.1) is 11.3 Å². The highest BCUT2D eigenvalue weighted by Gasteiger charge is 2.86. The lowest BCUT2D eigenvalue weighted by molar-refractivity contribution is -0.429. The standard InChI is InChI=1S/C23H30N2O5S/c1-10-11-6-7-13-21-9-30-23(29,22(13,16(10)26)17(11)27)18(28)14(21)20(2,3)8-12-15(21)24-19(31-12)25(4)5/h11,13-14,17-18,27-29H,1,6-9H2,2-5H3/t11-,13-,14+,17+,18-,21-,22-,23-/m0/s1. The van der Waals surface area contributed by atoms with Crippen molar-refractivity contribution in [1.82, 2.24) is 4.98 Å². The normalized spacial score (nSPS) is 48.9. The Kier molecular flexibility index (Phi) is 3.66. The van der Waals surface area contributed by atoms with Crippen molar-refractivity contribution in [1.29, 1.82) is 0 Å². The summed E-state index contributed by atoms with van der Waals surface area (Å²) in [6.07, 6.45) is -0.401. The number of ketones is 1. The number of hydrogen-bond acceptors (Lipinski definition) is 8. The molecule has 1 aromatic heterocycles. The zero-order valence-electron chi connectivity index (χ0n) is 18.4. The van der Waals surface area contributed by atoms with Gasteiger partial charge < -0.3 is 25.0 Å². The maximum atomic E-state index is 13.7.